The van der Waals surface area contributed by atoms with Crippen LogP contribution in [0.5, 0.6) is 0 Å². The molecule has 0 aromatic carbocycles. The topological polar surface area (TPSA) is 0 Å². The second kappa shape index (κ2) is 4.88. The molecule has 0 aromatic heterocycles. The van der Waals surface area contributed by atoms with Crippen molar-refractivity contribution in [2.45, 2.75) is 57.8 Å². The molecular weight excluding hydrogens is 251 g/mol. The summed E-state index contributed by atoms with van der Waals surface area (Å²) < 4.78 is 5.06. The van der Waals surface area contributed by atoms with Gasteiger partial charge in [-0.05, 0) is 0 Å². The summed E-state index contributed by atoms with van der Waals surface area (Å²) in [5, 5.41) is 0. The monoisotopic (exact) mass is 276 g/mol. The first-order valence-corrected chi connectivity index (χ1v) is 14.5. The van der Waals surface area contributed by atoms with Crippen LogP contribution in [0.2, 0.25) is 18.2 Å². The van der Waals surface area contributed by atoms with Crippen molar-refractivity contribution in [1.29, 1.82) is 0 Å². The molecule has 1 saturated heterocycles. The molecule has 0 aliphatic carbocycles. The van der Waals surface area contributed by atoms with E-state index < -0.39 is 18.4 Å². The summed E-state index contributed by atoms with van der Waals surface area (Å²) in [4.78, 5) is 2.70. The van der Waals surface area contributed by atoms with Crippen molar-refractivity contribution < 1.29 is 0 Å². The second-order valence-electron chi connectivity index (χ2n) is 5.30. The first-order chi connectivity index (χ1) is 5.62. The summed E-state index contributed by atoms with van der Waals surface area (Å²) in [6.45, 7) is 4.75. The number of rotatable bonds is 3. The summed E-state index contributed by atoms with van der Waals surface area (Å²) in [6.07, 6.45) is 6.20. The minimum absolute atomic E-state index is 0.945. The van der Waals surface area contributed by atoms with Crippen molar-refractivity contribution >= 4 is 18.4 Å². The summed E-state index contributed by atoms with van der Waals surface area (Å²) in [5.41, 5.74) is 0. The van der Waals surface area contributed by atoms with E-state index in [1.807, 2.05) is 0 Å². The van der Waals surface area contributed by atoms with Gasteiger partial charge in [0.05, 0.1) is 0 Å². The van der Waals surface area contributed by atoms with Gasteiger partial charge < -0.3 is 0 Å². The molecule has 0 bridgehead atoms. The second-order valence-corrected chi connectivity index (χ2v) is 19.9. The van der Waals surface area contributed by atoms with Gasteiger partial charge in [0, 0.05) is 0 Å². The molecule has 1 heteroatoms. The molecule has 12 heavy (non-hydrogen) atoms. The molecule has 1 fully saturated rings. The molecular formula is C11H24Sn. The van der Waals surface area contributed by atoms with Crippen molar-refractivity contribution in [3.63, 3.8) is 0 Å². The van der Waals surface area contributed by atoms with Crippen LogP contribution in [0.1, 0.15) is 39.5 Å². The molecule has 0 radical (unpaired) electrons. The van der Waals surface area contributed by atoms with Gasteiger partial charge in [0.15, 0.2) is 0 Å². The predicted octanol–water partition coefficient (Wildman–Crippen LogP) is 4.30. The van der Waals surface area contributed by atoms with Crippen molar-refractivity contribution in [1.82, 2.24) is 0 Å². The van der Waals surface area contributed by atoms with E-state index in [-0.39, 0.29) is 0 Å². The van der Waals surface area contributed by atoms with Crippen LogP contribution in [-0.4, -0.2) is 18.4 Å². The Morgan fingerprint density at radius 1 is 1.08 bits per heavy atom. The van der Waals surface area contributed by atoms with Crippen LogP contribution in [0.25, 0.3) is 0 Å². The van der Waals surface area contributed by atoms with Crippen LogP contribution in [0.3, 0.4) is 0 Å². The van der Waals surface area contributed by atoms with Crippen LogP contribution in [0.4, 0.5) is 0 Å². The van der Waals surface area contributed by atoms with Crippen LogP contribution < -0.4 is 0 Å². The van der Waals surface area contributed by atoms with Crippen LogP contribution in [0, 0.1) is 5.92 Å². The Morgan fingerprint density at radius 3 is 2.17 bits per heavy atom. The van der Waals surface area contributed by atoms with E-state index in [4.69, 9.17) is 0 Å². The molecule has 1 heterocycles. The van der Waals surface area contributed by atoms with Gasteiger partial charge in [0.1, 0.15) is 0 Å². The fourth-order valence-corrected chi connectivity index (χ4v) is 14.4. The van der Waals surface area contributed by atoms with Gasteiger partial charge in [-0.2, -0.15) is 0 Å². The molecule has 0 saturated carbocycles. The molecule has 1 rings (SSSR count). The van der Waals surface area contributed by atoms with Gasteiger partial charge in [-0.15, -0.1) is 0 Å². The third-order valence-corrected chi connectivity index (χ3v) is 16.6. The molecule has 0 amide bonds. The summed E-state index contributed by atoms with van der Waals surface area (Å²) in [5.74, 6) is 0.945. The van der Waals surface area contributed by atoms with E-state index in [2.05, 4.69) is 18.8 Å². The molecule has 0 unspecified atom stereocenters. The van der Waals surface area contributed by atoms with Crippen molar-refractivity contribution in [3.05, 3.63) is 0 Å². The maximum absolute atomic E-state index is 2.70. The summed E-state index contributed by atoms with van der Waals surface area (Å²) in [6, 6.07) is 0. The maximum atomic E-state index is 2.70. The standard InChI is InChI=1S/C5H11.C5H10.CH3.Sn/c1-4-5(2)3;1-3-5-4-2;;/h5H,1,4H2,2-3H3;1-5H2;1H3;. The van der Waals surface area contributed by atoms with Gasteiger partial charge in [0.25, 0.3) is 0 Å². The normalized spacial score (nSPS) is 23.0. The van der Waals surface area contributed by atoms with Gasteiger partial charge in [-0.3, -0.25) is 0 Å². The molecule has 1 aliphatic heterocycles. The molecule has 0 aromatic rings. The Morgan fingerprint density at radius 2 is 1.67 bits per heavy atom. The Labute approximate surface area is 82.0 Å². The average Bonchev–Trinajstić information content (AvgIpc) is 2.03. The van der Waals surface area contributed by atoms with Crippen molar-refractivity contribution in [3.8, 4) is 0 Å². The minimum atomic E-state index is -1.42. The zero-order valence-corrected chi connectivity index (χ0v) is 11.9. The van der Waals surface area contributed by atoms with E-state index in [1.165, 1.54) is 12.8 Å². The van der Waals surface area contributed by atoms with Gasteiger partial charge in [0.2, 0.25) is 0 Å². The third-order valence-electron chi connectivity index (χ3n) is 3.39. The van der Waals surface area contributed by atoms with Gasteiger partial charge in [-0.25, -0.2) is 0 Å². The predicted molar refractivity (Wildman–Crippen MR) is 59.3 cm³/mol. The Hall–Kier alpha value is 0.799. The third kappa shape index (κ3) is 3.67. The molecule has 0 nitrogen and oxygen atoms in total. The van der Waals surface area contributed by atoms with Gasteiger partial charge in [-0.1, -0.05) is 0 Å². The molecule has 0 atom stereocenters. The molecule has 72 valence electrons. The van der Waals surface area contributed by atoms with Gasteiger partial charge >= 0.3 is 82.1 Å². The van der Waals surface area contributed by atoms with E-state index in [0.29, 0.717) is 0 Å². The van der Waals surface area contributed by atoms with E-state index in [0.717, 1.165) is 5.92 Å². The zero-order valence-electron chi connectivity index (χ0n) is 9.03. The fraction of sp³-hybridized carbons (Fsp3) is 1.00. The quantitative estimate of drug-likeness (QED) is 0.674. The first kappa shape index (κ1) is 10.9. The Kier molecular flexibility index (Phi) is 4.42. The van der Waals surface area contributed by atoms with Crippen molar-refractivity contribution in [2.75, 3.05) is 0 Å². The average molecular weight is 275 g/mol. The van der Waals surface area contributed by atoms with E-state index in [9.17, 15) is 0 Å². The molecule has 0 spiro atoms. The van der Waals surface area contributed by atoms with Crippen LogP contribution >= 0.6 is 0 Å². The summed E-state index contributed by atoms with van der Waals surface area (Å²) >= 11 is -1.42. The van der Waals surface area contributed by atoms with Crippen molar-refractivity contribution in [2.24, 2.45) is 5.92 Å². The Bertz CT molecular complexity index is 123. The molecule has 1 aliphatic rings. The number of hydrogen-bond donors (Lipinski definition) is 0. The zero-order chi connectivity index (χ0) is 9.03. The number of hydrogen-bond acceptors (Lipinski definition) is 0. The van der Waals surface area contributed by atoms with Crippen LogP contribution in [0.15, 0.2) is 0 Å². The van der Waals surface area contributed by atoms with Crippen LogP contribution in [-0.2, 0) is 0 Å². The SMILES string of the molecule is CC(C)C[CH2][Sn]1([CH3])[CH2]CCC[CH2]1. The van der Waals surface area contributed by atoms with E-state index in [1.54, 1.807) is 26.2 Å². The molecule has 0 N–H and O–H groups in total. The first-order valence-electron chi connectivity index (χ1n) is 5.62. The fourth-order valence-electron chi connectivity index (χ4n) is 2.29. The van der Waals surface area contributed by atoms with E-state index >= 15 is 0 Å². The summed E-state index contributed by atoms with van der Waals surface area (Å²) in [7, 11) is 0. The Balaban J connectivity index is 2.26.